The van der Waals surface area contributed by atoms with Gasteiger partial charge in [0.15, 0.2) is 11.6 Å². The smallest absolute Gasteiger partial charge is 0.161 e. The van der Waals surface area contributed by atoms with Crippen molar-refractivity contribution in [2.75, 3.05) is 0 Å². The lowest BCUT2D eigenvalue weighted by molar-refractivity contribution is 0.474. The highest BCUT2D eigenvalue weighted by molar-refractivity contribution is 5.86. The van der Waals surface area contributed by atoms with E-state index in [1.807, 2.05) is 0 Å². The molecule has 0 radical (unpaired) electrons. The predicted octanol–water partition coefficient (Wildman–Crippen LogP) is 2.84. The number of fused-ring (bicyclic) bond motifs is 1. The number of aryl methyl sites for hydroxylation is 1. The van der Waals surface area contributed by atoms with Gasteiger partial charge in [-0.15, -0.1) is 0 Å². The third-order valence-corrected chi connectivity index (χ3v) is 2.48. The molecular formula is C11H9F2NO. The number of aromatic nitrogens is 1. The van der Waals surface area contributed by atoms with Crippen LogP contribution in [0.25, 0.3) is 10.9 Å². The van der Waals surface area contributed by atoms with Gasteiger partial charge in [0, 0.05) is 22.7 Å². The molecule has 2 aromatic rings. The summed E-state index contributed by atoms with van der Waals surface area (Å²) in [6.45, 7) is 3.38. The lowest BCUT2D eigenvalue weighted by Gasteiger charge is -2.07. The Kier molecular flexibility index (Phi) is 2.07. The average molecular weight is 209 g/mol. The van der Waals surface area contributed by atoms with Gasteiger partial charge in [-0.05, 0) is 19.9 Å². The zero-order valence-electron chi connectivity index (χ0n) is 8.31. The van der Waals surface area contributed by atoms with Crippen molar-refractivity contribution in [2.24, 2.45) is 0 Å². The highest BCUT2D eigenvalue weighted by atomic mass is 19.2. The minimum atomic E-state index is -0.983. The van der Waals surface area contributed by atoms with E-state index in [9.17, 15) is 13.9 Å². The molecule has 0 atom stereocenters. The highest BCUT2D eigenvalue weighted by Gasteiger charge is 2.11. The Hall–Kier alpha value is -1.71. The lowest BCUT2D eigenvalue weighted by Crippen LogP contribution is -1.93. The van der Waals surface area contributed by atoms with Crippen molar-refractivity contribution in [1.82, 2.24) is 4.98 Å². The van der Waals surface area contributed by atoms with Crippen molar-refractivity contribution < 1.29 is 13.9 Å². The van der Waals surface area contributed by atoms with E-state index in [4.69, 9.17) is 0 Å². The van der Waals surface area contributed by atoms with E-state index in [1.165, 1.54) is 0 Å². The van der Waals surface area contributed by atoms with Crippen LogP contribution < -0.4 is 0 Å². The van der Waals surface area contributed by atoms with Gasteiger partial charge >= 0.3 is 0 Å². The third-order valence-electron chi connectivity index (χ3n) is 2.48. The van der Waals surface area contributed by atoms with E-state index in [0.29, 0.717) is 11.3 Å². The van der Waals surface area contributed by atoms with E-state index in [2.05, 4.69) is 4.98 Å². The summed E-state index contributed by atoms with van der Waals surface area (Å²) >= 11 is 0. The number of halogens is 2. The van der Waals surface area contributed by atoms with Crippen molar-refractivity contribution in [2.45, 2.75) is 13.8 Å². The number of aromatic hydroxyl groups is 1. The van der Waals surface area contributed by atoms with Crippen LogP contribution >= 0.6 is 0 Å². The Labute approximate surface area is 85.2 Å². The number of pyridine rings is 1. The van der Waals surface area contributed by atoms with Gasteiger partial charge < -0.3 is 5.11 Å². The molecule has 0 aliphatic heterocycles. The molecule has 1 aromatic heterocycles. The van der Waals surface area contributed by atoms with Crippen LogP contribution in [0.1, 0.15) is 11.3 Å². The molecule has 4 heteroatoms. The Morgan fingerprint density at radius 1 is 1.13 bits per heavy atom. The summed E-state index contributed by atoms with van der Waals surface area (Å²) in [4.78, 5) is 4.07. The molecule has 0 aliphatic carbocycles. The molecule has 1 aromatic carbocycles. The lowest BCUT2D eigenvalue weighted by atomic mass is 10.1. The predicted molar refractivity (Wildman–Crippen MR) is 52.8 cm³/mol. The molecule has 0 saturated heterocycles. The summed E-state index contributed by atoms with van der Waals surface area (Å²) in [5, 5.41) is 9.96. The second-order valence-electron chi connectivity index (χ2n) is 3.45. The summed E-state index contributed by atoms with van der Waals surface area (Å²) in [7, 11) is 0. The fourth-order valence-corrected chi connectivity index (χ4v) is 1.46. The minimum absolute atomic E-state index is 0.0450. The largest absolute Gasteiger partial charge is 0.507 e. The Bertz CT molecular complexity index is 547. The van der Waals surface area contributed by atoms with E-state index < -0.39 is 11.6 Å². The van der Waals surface area contributed by atoms with E-state index >= 15 is 0 Å². The molecule has 0 amide bonds. The first-order chi connectivity index (χ1) is 7.00. The number of nitrogens with zero attached hydrogens (tertiary/aromatic N) is 1. The molecule has 15 heavy (non-hydrogen) atoms. The second-order valence-corrected chi connectivity index (χ2v) is 3.45. The van der Waals surface area contributed by atoms with Gasteiger partial charge in [-0.3, -0.25) is 4.98 Å². The van der Waals surface area contributed by atoms with Crippen LogP contribution in [0.4, 0.5) is 8.78 Å². The topological polar surface area (TPSA) is 33.1 Å². The quantitative estimate of drug-likeness (QED) is 0.723. The zero-order valence-corrected chi connectivity index (χ0v) is 8.31. The van der Waals surface area contributed by atoms with Crippen LogP contribution in [0.3, 0.4) is 0 Å². The molecule has 0 saturated carbocycles. The van der Waals surface area contributed by atoms with Gasteiger partial charge in [0.05, 0.1) is 5.52 Å². The fourth-order valence-electron chi connectivity index (χ4n) is 1.46. The zero-order chi connectivity index (χ0) is 11.2. The summed E-state index contributed by atoms with van der Waals surface area (Å²) < 4.78 is 25.9. The van der Waals surface area contributed by atoms with Gasteiger partial charge in [0.1, 0.15) is 5.75 Å². The summed E-state index contributed by atoms with van der Waals surface area (Å²) in [6, 6.07) is 1.94. The molecule has 0 fully saturated rings. The monoisotopic (exact) mass is 209 g/mol. The molecule has 78 valence electrons. The van der Waals surface area contributed by atoms with Crippen LogP contribution in [-0.2, 0) is 0 Å². The van der Waals surface area contributed by atoms with E-state index in [0.717, 1.165) is 12.1 Å². The minimum Gasteiger partial charge on any atom is -0.507 e. The number of hydrogen-bond donors (Lipinski definition) is 1. The van der Waals surface area contributed by atoms with Crippen LogP contribution in [-0.4, -0.2) is 10.1 Å². The van der Waals surface area contributed by atoms with E-state index in [1.54, 1.807) is 13.8 Å². The average Bonchev–Trinajstić information content (AvgIpc) is 2.19. The first-order valence-electron chi connectivity index (χ1n) is 4.45. The summed E-state index contributed by atoms with van der Waals surface area (Å²) in [5.74, 6) is -1.99. The molecule has 2 rings (SSSR count). The first-order valence-corrected chi connectivity index (χ1v) is 4.45. The Balaban J connectivity index is 2.93. The van der Waals surface area contributed by atoms with Crippen LogP contribution in [0.5, 0.6) is 5.75 Å². The van der Waals surface area contributed by atoms with Gasteiger partial charge in [0.2, 0.25) is 0 Å². The standard InChI is InChI=1S/C11H9F2NO/c1-5-6(2)14-10-4-9(13)8(12)3-7(10)11(5)15/h3-4H,1-2H3,(H,14,15). The van der Waals surface area contributed by atoms with Gasteiger partial charge in [-0.2, -0.15) is 0 Å². The highest BCUT2D eigenvalue weighted by Crippen LogP contribution is 2.29. The van der Waals surface area contributed by atoms with Crippen molar-refractivity contribution in [1.29, 1.82) is 0 Å². The molecule has 1 heterocycles. The summed E-state index contributed by atoms with van der Waals surface area (Å²) in [5.41, 5.74) is 1.44. The number of hydrogen-bond acceptors (Lipinski definition) is 2. The Morgan fingerprint density at radius 2 is 1.73 bits per heavy atom. The maximum Gasteiger partial charge on any atom is 0.161 e. The molecule has 2 nitrogen and oxygen atoms in total. The van der Waals surface area contributed by atoms with Crippen molar-refractivity contribution >= 4 is 10.9 Å². The molecule has 0 bridgehead atoms. The fraction of sp³-hybridized carbons (Fsp3) is 0.182. The third kappa shape index (κ3) is 1.42. The molecule has 0 spiro atoms. The van der Waals surface area contributed by atoms with Crippen LogP contribution in [0.15, 0.2) is 12.1 Å². The van der Waals surface area contributed by atoms with Crippen molar-refractivity contribution in [3.05, 3.63) is 35.0 Å². The Morgan fingerprint density at radius 3 is 2.40 bits per heavy atom. The maximum absolute atomic E-state index is 12.9. The van der Waals surface area contributed by atoms with Gasteiger partial charge in [0.25, 0.3) is 0 Å². The first kappa shape index (κ1) is 9.83. The molecular weight excluding hydrogens is 200 g/mol. The number of rotatable bonds is 0. The van der Waals surface area contributed by atoms with Crippen LogP contribution in [0.2, 0.25) is 0 Å². The van der Waals surface area contributed by atoms with Gasteiger partial charge in [-0.25, -0.2) is 8.78 Å². The maximum atomic E-state index is 12.9. The molecule has 0 aliphatic rings. The van der Waals surface area contributed by atoms with Crippen LogP contribution in [0, 0.1) is 25.5 Å². The van der Waals surface area contributed by atoms with Crippen molar-refractivity contribution in [3.63, 3.8) is 0 Å². The summed E-state index contributed by atoms with van der Waals surface area (Å²) in [6.07, 6.45) is 0. The molecule has 1 N–H and O–H groups in total. The van der Waals surface area contributed by atoms with Gasteiger partial charge in [-0.1, -0.05) is 0 Å². The second kappa shape index (κ2) is 3.15. The van der Waals surface area contributed by atoms with Crippen molar-refractivity contribution in [3.8, 4) is 5.75 Å². The molecule has 0 unspecified atom stereocenters. The van der Waals surface area contributed by atoms with E-state index in [-0.39, 0.29) is 16.7 Å². The SMILES string of the molecule is Cc1nc2cc(F)c(F)cc2c(O)c1C. The normalized spacial score (nSPS) is 10.9. The number of benzene rings is 1.